The van der Waals surface area contributed by atoms with Gasteiger partial charge >= 0.3 is 0 Å². The van der Waals surface area contributed by atoms with Crippen LogP contribution in [0.4, 0.5) is 0 Å². The molecule has 1 atom stereocenters. The lowest BCUT2D eigenvalue weighted by molar-refractivity contribution is 0.112. The second-order valence-electron chi connectivity index (χ2n) is 5.27. The Morgan fingerprint density at radius 1 is 1.29 bits per heavy atom. The number of hydrogen-bond acceptors (Lipinski definition) is 3. The first kappa shape index (κ1) is 12.1. The first-order chi connectivity index (χ1) is 10.4. The smallest absolute Gasteiger partial charge is 0.152 e. The number of aldehydes is 1. The van der Waals surface area contributed by atoms with Gasteiger partial charge in [-0.05, 0) is 18.2 Å². The molecule has 0 N–H and O–H groups in total. The van der Waals surface area contributed by atoms with Crippen LogP contribution in [0.2, 0.25) is 0 Å². The van der Waals surface area contributed by atoms with Gasteiger partial charge in [0.1, 0.15) is 11.4 Å². The van der Waals surface area contributed by atoms with Crippen LogP contribution in [0, 0.1) is 0 Å². The van der Waals surface area contributed by atoms with Crippen LogP contribution in [0.5, 0.6) is 5.75 Å². The molecule has 0 saturated carbocycles. The van der Waals surface area contributed by atoms with Crippen LogP contribution < -0.4 is 4.74 Å². The average molecular weight is 278 g/mol. The summed E-state index contributed by atoms with van der Waals surface area (Å²) < 4.78 is 7.78. The van der Waals surface area contributed by atoms with E-state index in [0.29, 0.717) is 18.1 Å². The Morgan fingerprint density at radius 2 is 2.19 bits per heavy atom. The molecular formula is C17H14N2O2. The van der Waals surface area contributed by atoms with Gasteiger partial charge in [0.25, 0.3) is 0 Å². The highest BCUT2D eigenvalue weighted by molar-refractivity contribution is 5.95. The van der Waals surface area contributed by atoms with Crippen molar-refractivity contribution >= 4 is 17.3 Å². The SMILES string of the molecule is O=Cc1cn(CC2COc3ccccc32)c2ncccc12. The molecule has 0 amide bonds. The Balaban J connectivity index is 1.74. The predicted molar refractivity (Wildman–Crippen MR) is 79.8 cm³/mol. The number of hydrogen-bond donors (Lipinski definition) is 0. The molecule has 0 fully saturated rings. The molecule has 3 heterocycles. The Bertz CT molecular complexity index is 823. The molecule has 0 saturated heterocycles. The molecule has 4 nitrogen and oxygen atoms in total. The third-order valence-corrected chi connectivity index (χ3v) is 4.01. The molecule has 2 aromatic heterocycles. The van der Waals surface area contributed by atoms with Crippen molar-refractivity contribution < 1.29 is 9.53 Å². The number of pyridine rings is 1. The van der Waals surface area contributed by atoms with Gasteiger partial charge in [-0.2, -0.15) is 0 Å². The Kier molecular flexibility index (Phi) is 2.74. The van der Waals surface area contributed by atoms with Gasteiger partial charge in [-0.1, -0.05) is 18.2 Å². The Labute approximate surface area is 122 Å². The van der Waals surface area contributed by atoms with E-state index in [2.05, 4.69) is 15.6 Å². The molecule has 0 radical (unpaired) electrons. The first-order valence-corrected chi connectivity index (χ1v) is 6.97. The van der Waals surface area contributed by atoms with E-state index in [1.54, 1.807) is 6.20 Å². The van der Waals surface area contributed by atoms with E-state index in [4.69, 9.17) is 4.74 Å². The molecule has 0 aliphatic carbocycles. The van der Waals surface area contributed by atoms with Crippen LogP contribution in [0.1, 0.15) is 21.8 Å². The lowest BCUT2D eigenvalue weighted by Gasteiger charge is -2.10. The molecule has 0 spiro atoms. The van der Waals surface area contributed by atoms with Gasteiger partial charge in [-0.15, -0.1) is 0 Å². The largest absolute Gasteiger partial charge is 0.493 e. The molecule has 1 aliphatic rings. The van der Waals surface area contributed by atoms with Gasteiger partial charge in [0.05, 0.1) is 6.61 Å². The molecule has 4 heteroatoms. The highest BCUT2D eigenvalue weighted by atomic mass is 16.5. The average Bonchev–Trinajstić information content (AvgIpc) is 3.10. The Morgan fingerprint density at radius 3 is 3.10 bits per heavy atom. The summed E-state index contributed by atoms with van der Waals surface area (Å²) in [6.07, 6.45) is 4.53. The molecule has 104 valence electrons. The molecule has 3 aromatic rings. The standard InChI is InChI=1S/C17H14N2O2/c20-10-12-8-19(17-15(12)5-3-7-18-17)9-13-11-21-16-6-2-1-4-14(13)16/h1-8,10,13H,9,11H2. The number of nitrogens with zero attached hydrogens (tertiary/aromatic N) is 2. The molecule has 1 unspecified atom stereocenters. The summed E-state index contributed by atoms with van der Waals surface area (Å²) in [5.74, 6) is 1.25. The number of fused-ring (bicyclic) bond motifs is 2. The Hall–Kier alpha value is -2.62. The number of benzene rings is 1. The lowest BCUT2D eigenvalue weighted by atomic mass is 10.0. The van der Waals surface area contributed by atoms with E-state index in [1.165, 1.54) is 5.56 Å². The summed E-state index contributed by atoms with van der Waals surface area (Å²) in [5, 5.41) is 0.903. The second kappa shape index (κ2) is 4.74. The molecule has 0 bridgehead atoms. The summed E-state index contributed by atoms with van der Waals surface area (Å²) in [6, 6.07) is 11.9. The van der Waals surface area contributed by atoms with Crippen molar-refractivity contribution in [3.05, 3.63) is 59.9 Å². The predicted octanol–water partition coefficient (Wildman–Crippen LogP) is 3.03. The zero-order valence-electron chi connectivity index (χ0n) is 11.4. The first-order valence-electron chi connectivity index (χ1n) is 6.97. The summed E-state index contributed by atoms with van der Waals surface area (Å²) in [7, 11) is 0. The van der Waals surface area contributed by atoms with Crippen molar-refractivity contribution in [2.24, 2.45) is 0 Å². The second-order valence-corrected chi connectivity index (χ2v) is 5.27. The van der Waals surface area contributed by atoms with E-state index < -0.39 is 0 Å². The van der Waals surface area contributed by atoms with Crippen LogP contribution in [0.25, 0.3) is 11.0 Å². The molecule has 21 heavy (non-hydrogen) atoms. The summed E-state index contributed by atoms with van der Waals surface area (Å²) in [6.45, 7) is 1.43. The third-order valence-electron chi connectivity index (χ3n) is 4.01. The quantitative estimate of drug-likeness (QED) is 0.692. The number of aromatic nitrogens is 2. The topological polar surface area (TPSA) is 44.1 Å². The van der Waals surface area contributed by atoms with Crippen LogP contribution in [0.15, 0.2) is 48.8 Å². The zero-order chi connectivity index (χ0) is 14.2. The minimum absolute atomic E-state index is 0.290. The van der Waals surface area contributed by atoms with E-state index in [-0.39, 0.29) is 0 Å². The van der Waals surface area contributed by atoms with E-state index in [1.807, 2.05) is 36.5 Å². The minimum atomic E-state index is 0.290. The monoisotopic (exact) mass is 278 g/mol. The highest BCUT2D eigenvalue weighted by Crippen LogP contribution is 2.35. The van der Waals surface area contributed by atoms with Gasteiger partial charge in [0.2, 0.25) is 0 Å². The molecule has 1 aromatic carbocycles. The lowest BCUT2D eigenvalue weighted by Crippen LogP contribution is -2.10. The van der Waals surface area contributed by atoms with Gasteiger partial charge < -0.3 is 9.30 Å². The molecule has 4 rings (SSSR count). The molecular weight excluding hydrogens is 264 g/mol. The van der Waals surface area contributed by atoms with Crippen LogP contribution in [0.3, 0.4) is 0 Å². The van der Waals surface area contributed by atoms with E-state index >= 15 is 0 Å². The number of rotatable bonds is 3. The fourth-order valence-electron chi connectivity index (χ4n) is 3.00. The minimum Gasteiger partial charge on any atom is -0.493 e. The number of carbonyl (C=O) groups excluding carboxylic acids is 1. The molecule has 1 aliphatic heterocycles. The zero-order valence-corrected chi connectivity index (χ0v) is 11.4. The van der Waals surface area contributed by atoms with E-state index in [9.17, 15) is 4.79 Å². The summed E-state index contributed by atoms with van der Waals surface area (Å²) in [4.78, 5) is 15.6. The van der Waals surface area contributed by atoms with Gasteiger partial charge in [-0.3, -0.25) is 4.79 Å². The van der Waals surface area contributed by atoms with Crippen LogP contribution in [-0.2, 0) is 6.54 Å². The maximum atomic E-state index is 11.2. The summed E-state index contributed by atoms with van der Waals surface area (Å²) >= 11 is 0. The van der Waals surface area contributed by atoms with Crippen LogP contribution >= 0.6 is 0 Å². The van der Waals surface area contributed by atoms with Crippen LogP contribution in [-0.4, -0.2) is 22.4 Å². The summed E-state index contributed by atoms with van der Waals surface area (Å²) in [5.41, 5.74) is 2.76. The maximum absolute atomic E-state index is 11.2. The van der Waals surface area contributed by atoms with Crippen molar-refractivity contribution in [2.75, 3.05) is 6.61 Å². The van der Waals surface area contributed by atoms with Gasteiger partial charge in [0.15, 0.2) is 6.29 Å². The van der Waals surface area contributed by atoms with Gasteiger partial charge in [0, 0.05) is 41.4 Å². The third kappa shape index (κ3) is 1.91. The number of para-hydroxylation sites is 1. The van der Waals surface area contributed by atoms with Crippen molar-refractivity contribution in [2.45, 2.75) is 12.5 Å². The van der Waals surface area contributed by atoms with Crippen molar-refractivity contribution in [3.8, 4) is 5.75 Å². The fraction of sp³-hybridized carbons (Fsp3) is 0.176. The number of carbonyl (C=O) groups is 1. The normalized spacial score (nSPS) is 16.7. The number of ether oxygens (including phenoxy) is 1. The van der Waals surface area contributed by atoms with Crippen molar-refractivity contribution in [1.82, 2.24) is 9.55 Å². The van der Waals surface area contributed by atoms with Gasteiger partial charge in [-0.25, -0.2) is 4.98 Å². The van der Waals surface area contributed by atoms with Crippen molar-refractivity contribution in [3.63, 3.8) is 0 Å². The van der Waals surface area contributed by atoms with Crippen molar-refractivity contribution in [1.29, 1.82) is 0 Å². The highest BCUT2D eigenvalue weighted by Gasteiger charge is 2.24. The maximum Gasteiger partial charge on any atom is 0.152 e. The van der Waals surface area contributed by atoms with E-state index in [0.717, 1.165) is 29.6 Å². The fourth-order valence-corrected chi connectivity index (χ4v) is 3.00.